The number of carbonyl (C=O) groups excluding carboxylic acids is 1. The van der Waals surface area contributed by atoms with E-state index in [4.69, 9.17) is 4.74 Å². The monoisotopic (exact) mass is 469 g/mol. The third-order valence-electron chi connectivity index (χ3n) is 5.02. The lowest BCUT2D eigenvalue weighted by Gasteiger charge is -2.14. The summed E-state index contributed by atoms with van der Waals surface area (Å²) in [6.45, 7) is 5.28. The maximum atomic E-state index is 13.1. The number of hydrogen-bond donors (Lipinski definition) is 2. The zero-order valence-corrected chi connectivity index (χ0v) is 19.3. The number of nitro groups is 1. The number of benzene rings is 3. The van der Waals surface area contributed by atoms with Crippen molar-refractivity contribution < 1.29 is 22.9 Å². The Bertz CT molecular complexity index is 1350. The van der Waals surface area contributed by atoms with Gasteiger partial charge in [0.25, 0.3) is 21.6 Å². The molecule has 0 spiro atoms. The van der Waals surface area contributed by atoms with Crippen LogP contribution in [0, 0.1) is 30.9 Å². The molecule has 0 saturated carbocycles. The molecule has 1 amide bonds. The second-order valence-corrected chi connectivity index (χ2v) is 9.15. The molecule has 0 saturated heterocycles. The molecule has 9 nitrogen and oxygen atoms in total. The quantitative estimate of drug-likeness (QED) is 0.385. The average Bonchev–Trinajstić information content (AvgIpc) is 2.76. The van der Waals surface area contributed by atoms with Crippen molar-refractivity contribution in [1.82, 2.24) is 0 Å². The number of aryl methyl sites for hydroxylation is 3. The fraction of sp³-hybridized carbons (Fsp3) is 0.174. The van der Waals surface area contributed by atoms with E-state index in [1.165, 1.54) is 43.5 Å². The summed E-state index contributed by atoms with van der Waals surface area (Å²) in [4.78, 5) is 23.3. The Labute approximate surface area is 191 Å². The van der Waals surface area contributed by atoms with E-state index in [-0.39, 0.29) is 27.6 Å². The van der Waals surface area contributed by atoms with Crippen LogP contribution in [0.15, 0.2) is 59.5 Å². The summed E-state index contributed by atoms with van der Waals surface area (Å²) in [6.07, 6.45) is 0. The number of sulfonamides is 1. The largest absolute Gasteiger partial charge is 0.495 e. The van der Waals surface area contributed by atoms with Gasteiger partial charge in [0, 0.05) is 17.7 Å². The minimum absolute atomic E-state index is 0.0536. The van der Waals surface area contributed by atoms with Gasteiger partial charge in [-0.2, -0.15) is 0 Å². The second-order valence-electron chi connectivity index (χ2n) is 7.50. The molecule has 0 aliphatic rings. The van der Waals surface area contributed by atoms with Crippen LogP contribution in [-0.2, 0) is 10.0 Å². The van der Waals surface area contributed by atoms with Crippen molar-refractivity contribution in [3.8, 4) is 5.75 Å². The van der Waals surface area contributed by atoms with Crippen molar-refractivity contribution in [1.29, 1.82) is 0 Å². The van der Waals surface area contributed by atoms with Crippen molar-refractivity contribution in [2.45, 2.75) is 25.7 Å². The first-order chi connectivity index (χ1) is 15.5. The number of rotatable bonds is 7. The smallest absolute Gasteiger partial charge is 0.271 e. The van der Waals surface area contributed by atoms with E-state index in [0.717, 1.165) is 11.1 Å². The Morgan fingerprint density at radius 2 is 1.64 bits per heavy atom. The summed E-state index contributed by atoms with van der Waals surface area (Å²) in [5.74, 6) is -0.414. The van der Waals surface area contributed by atoms with Crippen molar-refractivity contribution >= 4 is 33.0 Å². The highest BCUT2D eigenvalue weighted by molar-refractivity contribution is 7.92. The first kappa shape index (κ1) is 23.7. The lowest BCUT2D eigenvalue weighted by atomic mass is 10.1. The summed E-state index contributed by atoms with van der Waals surface area (Å²) in [7, 11) is -2.62. The summed E-state index contributed by atoms with van der Waals surface area (Å²) >= 11 is 0. The number of nitrogens with zero attached hydrogens (tertiary/aromatic N) is 1. The molecule has 3 aromatic rings. The third-order valence-corrected chi connectivity index (χ3v) is 6.53. The van der Waals surface area contributed by atoms with Crippen molar-refractivity contribution in [2.24, 2.45) is 0 Å². The van der Waals surface area contributed by atoms with Gasteiger partial charge in [0.2, 0.25) is 0 Å². The number of ether oxygens (including phenoxy) is 1. The molecule has 172 valence electrons. The van der Waals surface area contributed by atoms with Crippen molar-refractivity contribution in [2.75, 3.05) is 17.1 Å². The van der Waals surface area contributed by atoms with Gasteiger partial charge >= 0.3 is 0 Å². The number of anilines is 2. The summed E-state index contributed by atoms with van der Waals surface area (Å²) < 4.78 is 33.9. The Balaban J connectivity index is 1.94. The highest BCUT2D eigenvalue weighted by Crippen LogP contribution is 2.30. The number of methoxy groups -OCH3 is 1. The highest BCUT2D eigenvalue weighted by Gasteiger charge is 2.21. The normalized spacial score (nSPS) is 11.0. The first-order valence-corrected chi connectivity index (χ1v) is 11.3. The van der Waals surface area contributed by atoms with Gasteiger partial charge in [0.1, 0.15) is 5.75 Å². The fourth-order valence-electron chi connectivity index (χ4n) is 3.18. The standard InChI is InChI=1S/C23H23N3O6S/c1-14-5-6-15(2)19(11-14)25-33(30,31)22-12-17(8-7-16(22)3)23(27)24-20-13-18(26(28)29)9-10-21(20)32-4/h5-13,25H,1-4H3,(H,24,27). The molecular formula is C23H23N3O6S. The van der Waals surface area contributed by atoms with Crippen molar-refractivity contribution in [3.63, 3.8) is 0 Å². The van der Waals surface area contributed by atoms with E-state index in [0.29, 0.717) is 11.3 Å². The molecule has 3 aromatic carbocycles. The first-order valence-electron chi connectivity index (χ1n) is 9.86. The van der Waals surface area contributed by atoms with Crippen LogP contribution in [0.2, 0.25) is 0 Å². The second kappa shape index (κ2) is 9.29. The molecule has 3 rings (SSSR count). The molecule has 0 fully saturated rings. The van der Waals surface area contributed by atoms with Crippen LogP contribution in [0.3, 0.4) is 0 Å². The number of non-ortho nitro benzene ring substituents is 1. The molecule has 0 aromatic heterocycles. The lowest BCUT2D eigenvalue weighted by Crippen LogP contribution is -2.18. The van der Waals surface area contributed by atoms with Gasteiger partial charge in [-0.15, -0.1) is 0 Å². The van der Waals surface area contributed by atoms with Crippen LogP contribution in [-0.4, -0.2) is 26.4 Å². The average molecular weight is 470 g/mol. The van der Waals surface area contributed by atoms with Gasteiger partial charge < -0.3 is 10.1 Å². The Morgan fingerprint density at radius 1 is 0.939 bits per heavy atom. The summed E-state index contributed by atoms with van der Waals surface area (Å²) in [5, 5.41) is 13.6. The van der Waals surface area contributed by atoms with Gasteiger partial charge in [-0.25, -0.2) is 8.42 Å². The minimum Gasteiger partial charge on any atom is -0.495 e. The van der Waals surface area contributed by atoms with E-state index in [2.05, 4.69) is 10.0 Å². The van der Waals surface area contributed by atoms with Crippen molar-refractivity contribution in [3.05, 3.63) is 87.0 Å². The summed E-state index contributed by atoms with van der Waals surface area (Å²) in [5.41, 5.74) is 2.49. The van der Waals surface area contributed by atoms with E-state index in [9.17, 15) is 23.3 Å². The van der Waals surface area contributed by atoms with E-state index in [1.807, 2.05) is 19.1 Å². The molecule has 0 unspecified atom stereocenters. The Morgan fingerprint density at radius 3 is 2.30 bits per heavy atom. The van der Waals surface area contributed by atoms with Crippen LogP contribution in [0.1, 0.15) is 27.0 Å². The number of nitrogens with one attached hydrogen (secondary N) is 2. The fourth-order valence-corrected chi connectivity index (χ4v) is 4.57. The zero-order chi connectivity index (χ0) is 24.3. The molecule has 0 bridgehead atoms. The van der Waals surface area contributed by atoms with Crippen LogP contribution in [0.25, 0.3) is 0 Å². The molecule has 10 heteroatoms. The molecule has 0 aliphatic carbocycles. The van der Waals surface area contributed by atoms with E-state index < -0.39 is 20.9 Å². The third kappa shape index (κ3) is 5.29. The topological polar surface area (TPSA) is 128 Å². The summed E-state index contributed by atoms with van der Waals surface area (Å²) in [6, 6.07) is 13.5. The van der Waals surface area contributed by atoms with Crippen LogP contribution >= 0.6 is 0 Å². The number of nitro benzene ring substituents is 1. The SMILES string of the molecule is COc1ccc([N+](=O)[O-])cc1NC(=O)c1ccc(C)c(S(=O)(=O)Nc2cc(C)ccc2C)c1. The molecule has 0 atom stereocenters. The predicted molar refractivity (Wildman–Crippen MR) is 126 cm³/mol. The molecule has 0 aliphatic heterocycles. The predicted octanol–water partition coefficient (Wildman–Crippen LogP) is 4.58. The van der Waals surface area contributed by atoms with Crippen LogP contribution < -0.4 is 14.8 Å². The lowest BCUT2D eigenvalue weighted by molar-refractivity contribution is -0.384. The van der Waals surface area contributed by atoms with Crippen LogP contribution in [0.5, 0.6) is 5.75 Å². The van der Waals surface area contributed by atoms with E-state index in [1.54, 1.807) is 19.9 Å². The highest BCUT2D eigenvalue weighted by atomic mass is 32.2. The molecule has 2 N–H and O–H groups in total. The molecule has 0 heterocycles. The number of hydrogen-bond acceptors (Lipinski definition) is 6. The van der Waals surface area contributed by atoms with Gasteiger partial charge in [0.05, 0.1) is 28.3 Å². The minimum atomic E-state index is -3.99. The molecular weight excluding hydrogens is 446 g/mol. The van der Waals surface area contributed by atoms with E-state index >= 15 is 0 Å². The Kier molecular flexibility index (Phi) is 6.68. The molecule has 33 heavy (non-hydrogen) atoms. The van der Waals surface area contributed by atoms with Gasteiger partial charge in [-0.3, -0.25) is 19.6 Å². The Hall–Kier alpha value is -3.92. The van der Waals surface area contributed by atoms with Gasteiger partial charge in [-0.05, 0) is 61.7 Å². The number of carbonyl (C=O) groups is 1. The van der Waals surface area contributed by atoms with Gasteiger partial charge in [0.15, 0.2) is 0 Å². The maximum absolute atomic E-state index is 13.1. The molecule has 0 radical (unpaired) electrons. The van der Waals surface area contributed by atoms with Crippen LogP contribution in [0.4, 0.5) is 17.1 Å². The number of amides is 1. The maximum Gasteiger partial charge on any atom is 0.271 e. The van der Waals surface area contributed by atoms with Gasteiger partial charge in [-0.1, -0.05) is 18.2 Å². The zero-order valence-electron chi connectivity index (χ0n) is 18.5.